The highest BCUT2D eigenvalue weighted by molar-refractivity contribution is 5.76. The summed E-state index contributed by atoms with van der Waals surface area (Å²) >= 11 is 0. The highest BCUT2D eigenvalue weighted by Gasteiger charge is 2.30. The molecule has 0 aliphatic carbocycles. The Hall–Kier alpha value is -1.87. The van der Waals surface area contributed by atoms with Crippen molar-refractivity contribution in [3.63, 3.8) is 0 Å². The lowest BCUT2D eigenvalue weighted by Gasteiger charge is -2.29. The molecule has 0 radical (unpaired) electrons. The molecule has 0 spiro atoms. The Labute approximate surface area is 189 Å². The quantitative estimate of drug-likeness (QED) is 0.544. The van der Waals surface area contributed by atoms with E-state index in [1.165, 1.54) is 7.11 Å². The molecule has 8 nitrogen and oxygen atoms in total. The lowest BCUT2D eigenvalue weighted by Crippen LogP contribution is -2.29. The Morgan fingerprint density at radius 1 is 0.812 bits per heavy atom. The van der Waals surface area contributed by atoms with Gasteiger partial charge < -0.3 is 33.2 Å². The first-order valence-corrected chi connectivity index (χ1v) is 11.8. The maximum Gasteiger partial charge on any atom is 0.339 e. The molecule has 0 saturated carbocycles. The number of hydrogen-bond donors (Lipinski definition) is 0. The molecule has 32 heavy (non-hydrogen) atoms. The molecule has 3 saturated heterocycles. The molecule has 1 aromatic carbocycles. The van der Waals surface area contributed by atoms with Crippen molar-refractivity contribution in [2.75, 3.05) is 26.9 Å². The van der Waals surface area contributed by atoms with Gasteiger partial charge in [-0.3, -0.25) is 0 Å². The molecule has 3 aliphatic rings. The average molecular weight is 451 g/mol. The number of ether oxygens (including phenoxy) is 7. The summed E-state index contributed by atoms with van der Waals surface area (Å²) in [7, 11) is 1.35. The molecule has 8 heteroatoms. The van der Waals surface area contributed by atoms with E-state index in [0.717, 1.165) is 57.8 Å². The van der Waals surface area contributed by atoms with Crippen LogP contribution in [0.4, 0.5) is 0 Å². The van der Waals surface area contributed by atoms with E-state index in [1.54, 1.807) is 18.2 Å². The zero-order valence-electron chi connectivity index (χ0n) is 18.8. The first kappa shape index (κ1) is 23.3. The van der Waals surface area contributed by atoms with Crippen molar-refractivity contribution in [2.24, 2.45) is 0 Å². The summed E-state index contributed by atoms with van der Waals surface area (Å²) in [5, 5.41) is 0. The zero-order chi connectivity index (χ0) is 22.2. The van der Waals surface area contributed by atoms with E-state index in [2.05, 4.69) is 0 Å². The Kier molecular flexibility index (Phi) is 8.62. The van der Waals surface area contributed by atoms with E-state index < -0.39 is 18.4 Å². The van der Waals surface area contributed by atoms with Gasteiger partial charge in [0.1, 0.15) is 0 Å². The van der Waals surface area contributed by atoms with Crippen LogP contribution in [-0.2, 0) is 28.5 Å². The van der Waals surface area contributed by atoms with Crippen molar-refractivity contribution < 1.29 is 38.0 Å². The van der Waals surface area contributed by atoms with Gasteiger partial charge in [0.15, 0.2) is 36.5 Å². The van der Waals surface area contributed by atoms with E-state index in [0.29, 0.717) is 36.9 Å². The Balaban J connectivity index is 1.56. The highest BCUT2D eigenvalue weighted by Crippen LogP contribution is 2.36. The van der Waals surface area contributed by atoms with Crippen molar-refractivity contribution in [3.8, 4) is 11.5 Å². The van der Waals surface area contributed by atoms with Crippen LogP contribution in [0.25, 0.3) is 0 Å². The fourth-order valence-electron chi connectivity index (χ4n) is 4.12. The molecule has 0 bridgehead atoms. The van der Waals surface area contributed by atoms with Crippen LogP contribution in [0.15, 0.2) is 18.2 Å². The van der Waals surface area contributed by atoms with Crippen molar-refractivity contribution in [2.45, 2.75) is 82.8 Å². The molecule has 4 atom stereocenters. The number of benzene rings is 1. The number of esters is 1. The van der Waals surface area contributed by atoms with Crippen molar-refractivity contribution in [1.29, 1.82) is 0 Å². The van der Waals surface area contributed by atoms with Gasteiger partial charge in [0.2, 0.25) is 0 Å². The van der Waals surface area contributed by atoms with Gasteiger partial charge in [-0.1, -0.05) is 6.07 Å². The molecule has 0 amide bonds. The zero-order valence-corrected chi connectivity index (χ0v) is 18.8. The van der Waals surface area contributed by atoms with Crippen molar-refractivity contribution in [3.05, 3.63) is 23.8 Å². The maximum atomic E-state index is 12.6. The molecular formula is C24H34O8. The Morgan fingerprint density at radius 3 is 1.91 bits per heavy atom. The molecule has 0 aromatic heterocycles. The van der Waals surface area contributed by atoms with Crippen LogP contribution >= 0.6 is 0 Å². The fourth-order valence-corrected chi connectivity index (χ4v) is 4.12. The Morgan fingerprint density at radius 2 is 1.38 bits per heavy atom. The van der Waals surface area contributed by atoms with Crippen LogP contribution in [-0.4, -0.2) is 51.8 Å². The summed E-state index contributed by atoms with van der Waals surface area (Å²) in [5.74, 6) is 0.585. The summed E-state index contributed by atoms with van der Waals surface area (Å²) in [4.78, 5) is 12.6. The third-order valence-electron chi connectivity index (χ3n) is 5.90. The van der Waals surface area contributed by atoms with Crippen LogP contribution in [0.1, 0.15) is 69.5 Å². The topological polar surface area (TPSA) is 81.7 Å². The molecule has 1 aromatic rings. The molecule has 0 N–H and O–H groups in total. The predicted octanol–water partition coefficient (Wildman–Crippen LogP) is 4.25. The van der Waals surface area contributed by atoms with Crippen LogP contribution in [0.5, 0.6) is 11.5 Å². The standard InChI is InChI=1S/C24H34O8/c1-26-24(25)23(32-22-10-4-7-15-29-22)17-11-12-18(30-20-8-2-5-13-27-20)19(16-17)31-21-9-3-6-14-28-21/h11-12,16,20-23H,2-10,13-15H2,1H3. The van der Waals surface area contributed by atoms with E-state index in [9.17, 15) is 4.79 Å². The molecule has 4 unspecified atom stereocenters. The van der Waals surface area contributed by atoms with Crippen LogP contribution in [0.3, 0.4) is 0 Å². The van der Waals surface area contributed by atoms with E-state index in [4.69, 9.17) is 33.2 Å². The predicted molar refractivity (Wildman–Crippen MR) is 114 cm³/mol. The monoisotopic (exact) mass is 450 g/mol. The SMILES string of the molecule is COC(=O)C(OC1CCCCO1)c1ccc(OC2CCCCO2)c(OC2CCCCO2)c1. The normalized spacial score (nSPS) is 27.3. The van der Waals surface area contributed by atoms with Gasteiger partial charge in [0, 0.05) is 19.4 Å². The van der Waals surface area contributed by atoms with Gasteiger partial charge in [-0.15, -0.1) is 0 Å². The Bertz CT molecular complexity index is 721. The summed E-state index contributed by atoms with van der Waals surface area (Å²) in [6.07, 6.45) is 6.51. The number of carbonyl (C=O) groups excluding carboxylic acids is 1. The highest BCUT2D eigenvalue weighted by atomic mass is 16.7. The van der Waals surface area contributed by atoms with Crippen LogP contribution in [0.2, 0.25) is 0 Å². The molecule has 4 rings (SSSR count). The number of carbonyl (C=O) groups is 1. The average Bonchev–Trinajstić information content (AvgIpc) is 2.85. The van der Waals surface area contributed by atoms with E-state index in [1.807, 2.05) is 0 Å². The lowest BCUT2D eigenvalue weighted by atomic mass is 10.1. The van der Waals surface area contributed by atoms with Gasteiger partial charge in [-0.25, -0.2) is 4.79 Å². The van der Waals surface area contributed by atoms with E-state index >= 15 is 0 Å². The third kappa shape index (κ3) is 6.34. The van der Waals surface area contributed by atoms with Gasteiger partial charge in [-0.2, -0.15) is 0 Å². The number of methoxy groups -OCH3 is 1. The first-order valence-electron chi connectivity index (χ1n) is 11.8. The second kappa shape index (κ2) is 11.8. The van der Waals surface area contributed by atoms with Crippen molar-refractivity contribution >= 4 is 5.97 Å². The molecule has 178 valence electrons. The minimum absolute atomic E-state index is 0.312. The molecule has 3 aliphatic heterocycles. The van der Waals surface area contributed by atoms with E-state index in [-0.39, 0.29) is 12.6 Å². The summed E-state index contributed by atoms with van der Waals surface area (Å²) < 4.78 is 40.5. The lowest BCUT2D eigenvalue weighted by molar-refractivity contribution is -0.204. The molecule has 3 heterocycles. The van der Waals surface area contributed by atoms with Gasteiger partial charge in [0.05, 0.1) is 20.3 Å². The second-order valence-electron chi connectivity index (χ2n) is 8.37. The molecular weight excluding hydrogens is 416 g/mol. The van der Waals surface area contributed by atoms with Crippen molar-refractivity contribution in [1.82, 2.24) is 0 Å². The minimum atomic E-state index is -0.919. The third-order valence-corrected chi connectivity index (χ3v) is 5.90. The molecule has 3 fully saturated rings. The van der Waals surface area contributed by atoms with Gasteiger partial charge >= 0.3 is 5.97 Å². The van der Waals surface area contributed by atoms with Gasteiger partial charge in [0.25, 0.3) is 0 Å². The summed E-state index contributed by atoms with van der Waals surface area (Å²) in [6, 6.07) is 5.38. The smallest absolute Gasteiger partial charge is 0.339 e. The van der Waals surface area contributed by atoms with Crippen LogP contribution in [0, 0.1) is 0 Å². The summed E-state index contributed by atoms with van der Waals surface area (Å²) in [6.45, 7) is 1.98. The maximum absolute atomic E-state index is 12.6. The minimum Gasteiger partial charge on any atom is -0.467 e. The second-order valence-corrected chi connectivity index (χ2v) is 8.37. The summed E-state index contributed by atoms with van der Waals surface area (Å²) in [5.41, 5.74) is 0.619. The largest absolute Gasteiger partial charge is 0.467 e. The van der Waals surface area contributed by atoms with Crippen LogP contribution < -0.4 is 9.47 Å². The number of rotatable bonds is 8. The fraction of sp³-hybridized carbons (Fsp3) is 0.708. The number of hydrogen-bond acceptors (Lipinski definition) is 8. The van der Waals surface area contributed by atoms with Gasteiger partial charge in [-0.05, 0) is 62.6 Å². The first-order chi connectivity index (χ1) is 15.7.